The van der Waals surface area contributed by atoms with Gasteiger partial charge in [-0.3, -0.25) is 4.99 Å². The van der Waals surface area contributed by atoms with Crippen molar-refractivity contribution in [1.29, 1.82) is 0 Å². The molecule has 0 fully saturated rings. The number of thioether (sulfide) groups is 1. The highest BCUT2D eigenvalue weighted by Crippen LogP contribution is 2.04. The third-order valence-corrected chi connectivity index (χ3v) is 3.06. The van der Waals surface area contributed by atoms with Gasteiger partial charge in [-0.1, -0.05) is 18.2 Å². The zero-order valence-corrected chi connectivity index (χ0v) is 13.4. The van der Waals surface area contributed by atoms with Gasteiger partial charge in [0.15, 0.2) is 5.96 Å². The van der Waals surface area contributed by atoms with E-state index >= 15 is 0 Å². The summed E-state index contributed by atoms with van der Waals surface area (Å²) in [6.45, 7) is 0.954. The fourth-order valence-electron chi connectivity index (χ4n) is 1.21. The monoisotopic (exact) mass is 381 g/mol. The lowest BCUT2D eigenvalue weighted by Gasteiger charge is -2.04. The molecule has 0 spiro atoms. The van der Waals surface area contributed by atoms with Crippen molar-refractivity contribution >= 4 is 47.4 Å². The summed E-state index contributed by atoms with van der Waals surface area (Å²) in [4.78, 5) is 4.22. The number of nitrogens with one attached hydrogen (secondary N) is 1. The number of anilines is 1. The normalized spacial score (nSPS) is 10.8. The molecular formula is C12H20IN3OS. The summed E-state index contributed by atoms with van der Waals surface area (Å²) in [5, 5.41) is 11.6. The van der Waals surface area contributed by atoms with E-state index in [1.807, 2.05) is 30.3 Å². The van der Waals surface area contributed by atoms with Crippen LogP contribution in [0.2, 0.25) is 0 Å². The fourth-order valence-corrected chi connectivity index (χ4v) is 1.97. The second kappa shape index (κ2) is 11.6. The Kier molecular flexibility index (Phi) is 11.3. The van der Waals surface area contributed by atoms with Crippen LogP contribution in [0.1, 0.15) is 6.42 Å². The smallest absolute Gasteiger partial charge is 0.193 e. The molecule has 1 aromatic rings. The molecule has 0 aliphatic rings. The van der Waals surface area contributed by atoms with Gasteiger partial charge >= 0.3 is 0 Å². The van der Waals surface area contributed by atoms with Crippen molar-refractivity contribution in [2.45, 2.75) is 6.42 Å². The maximum atomic E-state index is 8.60. The molecule has 0 bridgehead atoms. The van der Waals surface area contributed by atoms with Crippen LogP contribution in [0.4, 0.5) is 5.69 Å². The third kappa shape index (κ3) is 8.60. The summed E-state index contributed by atoms with van der Waals surface area (Å²) >= 11 is 1.78. The zero-order chi connectivity index (χ0) is 12.3. The molecule has 0 saturated carbocycles. The van der Waals surface area contributed by atoms with Crippen molar-refractivity contribution < 1.29 is 5.11 Å². The van der Waals surface area contributed by atoms with Gasteiger partial charge in [0.25, 0.3) is 0 Å². The van der Waals surface area contributed by atoms with Crippen LogP contribution in [0.3, 0.4) is 0 Å². The van der Waals surface area contributed by atoms with E-state index < -0.39 is 0 Å². The van der Waals surface area contributed by atoms with E-state index in [-0.39, 0.29) is 30.6 Å². The molecule has 0 saturated heterocycles. The summed E-state index contributed by atoms with van der Waals surface area (Å²) < 4.78 is 0. The first-order valence-corrected chi connectivity index (χ1v) is 6.79. The second-order valence-corrected chi connectivity index (χ2v) is 4.67. The Labute approximate surface area is 129 Å². The van der Waals surface area contributed by atoms with Gasteiger partial charge in [0.1, 0.15) is 0 Å². The highest BCUT2D eigenvalue weighted by molar-refractivity contribution is 14.0. The molecule has 18 heavy (non-hydrogen) atoms. The van der Waals surface area contributed by atoms with Gasteiger partial charge in [-0.15, -0.1) is 24.0 Å². The average molecular weight is 381 g/mol. The van der Waals surface area contributed by atoms with Gasteiger partial charge in [0, 0.05) is 18.0 Å². The molecule has 4 nitrogen and oxygen atoms in total. The summed E-state index contributed by atoms with van der Waals surface area (Å²) in [5.41, 5.74) is 6.68. The summed E-state index contributed by atoms with van der Waals surface area (Å²) in [7, 11) is 0. The van der Waals surface area contributed by atoms with Crippen molar-refractivity contribution in [1.82, 2.24) is 0 Å². The van der Waals surface area contributed by atoms with Gasteiger partial charge in [-0.05, 0) is 24.3 Å². The topological polar surface area (TPSA) is 70.6 Å². The van der Waals surface area contributed by atoms with E-state index in [9.17, 15) is 0 Å². The molecule has 6 heteroatoms. The first-order chi connectivity index (χ1) is 8.33. The van der Waals surface area contributed by atoms with Crippen LogP contribution in [0, 0.1) is 0 Å². The number of benzene rings is 1. The quantitative estimate of drug-likeness (QED) is 0.293. The number of aliphatic hydroxyl groups excluding tert-OH is 1. The summed E-state index contributed by atoms with van der Waals surface area (Å²) in [6, 6.07) is 9.73. The molecular weight excluding hydrogens is 361 g/mol. The number of aliphatic imine (C=N–C) groups is 1. The number of aliphatic hydroxyl groups is 1. The Morgan fingerprint density at radius 1 is 1.28 bits per heavy atom. The van der Waals surface area contributed by atoms with Gasteiger partial charge < -0.3 is 16.2 Å². The molecule has 0 aliphatic heterocycles. The number of halogens is 1. The lowest BCUT2D eigenvalue weighted by atomic mass is 10.3. The highest BCUT2D eigenvalue weighted by atomic mass is 127. The standard InChI is InChI=1S/C12H19N3OS.HI/c13-12(14-7-10-17-9-4-8-16)15-11-5-2-1-3-6-11;/h1-3,5-6,16H,4,7-10H2,(H3,13,14,15);1H. The van der Waals surface area contributed by atoms with Crippen molar-refractivity contribution in [3.05, 3.63) is 30.3 Å². The zero-order valence-electron chi connectivity index (χ0n) is 10.2. The Balaban J connectivity index is 0.00000289. The number of rotatable bonds is 7. The van der Waals surface area contributed by atoms with Crippen LogP contribution in [-0.2, 0) is 0 Å². The molecule has 1 aromatic carbocycles. The molecule has 0 heterocycles. The Morgan fingerprint density at radius 2 is 2.00 bits per heavy atom. The molecule has 4 N–H and O–H groups in total. The van der Waals surface area contributed by atoms with Crippen LogP contribution >= 0.6 is 35.7 Å². The number of nitrogens with zero attached hydrogens (tertiary/aromatic N) is 1. The van der Waals surface area contributed by atoms with Crippen molar-refractivity contribution in [3.8, 4) is 0 Å². The van der Waals surface area contributed by atoms with Gasteiger partial charge in [-0.25, -0.2) is 0 Å². The number of hydrogen-bond donors (Lipinski definition) is 3. The maximum absolute atomic E-state index is 8.60. The number of guanidine groups is 1. The first kappa shape index (κ1) is 17.5. The van der Waals surface area contributed by atoms with E-state index in [2.05, 4.69) is 10.3 Å². The lowest BCUT2D eigenvalue weighted by molar-refractivity contribution is 0.296. The van der Waals surface area contributed by atoms with Crippen LogP contribution in [0.5, 0.6) is 0 Å². The van der Waals surface area contributed by atoms with E-state index in [4.69, 9.17) is 10.8 Å². The minimum Gasteiger partial charge on any atom is -0.396 e. The molecule has 0 atom stereocenters. The van der Waals surface area contributed by atoms with Crippen molar-refractivity contribution in [3.63, 3.8) is 0 Å². The second-order valence-electron chi connectivity index (χ2n) is 3.45. The molecule has 0 aliphatic carbocycles. The van der Waals surface area contributed by atoms with Crippen LogP contribution in [0.25, 0.3) is 0 Å². The van der Waals surface area contributed by atoms with E-state index in [0.717, 1.165) is 23.6 Å². The largest absolute Gasteiger partial charge is 0.396 e. The minimum absolute atomic E-state index is 0. The molecule has 0 aromatic heterocycles. The number of nitrogens with two attached hydrogens (primary N) is 1. The first-order valence-electron chi connectivity index (χ1n) is 5.63. The van der Waals surface area contributed by atoms with Gasteiger partial charge in [-0.2, -0.15) is 11.8 Å². The number of hydrogen-bond acceptors (Lipinski definition) is 3. The number of para-hydroxylation sites is 1. The van der Waals surface area contributed by atoms with Gasteiger partial charge in [0.05, 0.1) is 6.54 Å². The Bertz CT molecular complexity index is 335. The molecule has 0 unspecified atom stereocenters. The van der Waals surface area contributed by atoms with E-state index in [0.29, 0.717) is 12.5 Å². The molecule has 0 amide bonds. The molecule has 102 valence electrons. The van der Waals surface area contributed by atoms with E-state index in [1.54, 1.807) is 11.8 Å². The van der Waals surface area contributed by atoms with Crippen LogP contribution in [0.15, 0.2) is 35.3 Å². The van der Waals surface area contributed by atoms with Crippen LogP contribution in [-0.4, -0.2) is 35.7 Å². The summed E-state index contributed by atoms with van der Waals surface area (Å²) in [5.74, 6) is 2.34. The molecule has 0 radical (unpaired) electrons. The SMILES string of the molecule is I.NC(=NCCSCCCO)Nc1ccccc1. The Hall–Kier alpha value is -0.470. The molecule has 1 rings (SSSR count). The van der Waals surface area contributed by atoms with E-state index in [1.165, 1.54) is 0 Å². The average Bonchev–Trinajstić information content (AvgIpc) is 2.35. The predicted octanol–water partition coefficient (Wildman–Crippen LogP) is 2.15. The van der Waals surface area contributed by atoms with Crippen molar-refractivity contribution in [2.75, 3.05) is 30.0 Å². The lowest BCUT2D eigenvalue weighted by Crippen LogP contribution is -2.23. The van der Waals surface area contributed by atoms with Gasteiger partial charge in [0.2, 0.25) is 0 Å². The highest BCUT2D eigenvalue weighted by Gasteiger charge is 1.93. The van der Waals surface area contributed by atoms with Crippen LogP contribution < -0.4 is 11.1 Å². The fraction of sp³-hybridized carbons (Fsp3) is 0.417. The summed E-state index contributed by atoms with van der Waals surface area (Å²) in [6.07, 6.45) is 0.839. The Morgan fingerprint density at radius 3 is 2.67 bits per heavy atom. The predicted molar refractivity (Wildman–Crippen MR) is 91.0 cm³/mol. The third-order valence-electron chi connectivity index (χ3n) is 2.01. The minimum atomic E-state index is 0. The van der Waals surface area contributed by atoms with Crippen molar-refractivity contribution in [2.24, 2.45) is 10.7 Å². The maximum Gasteiger partial charge on any atom is 0.193 e.